The van der Waals surface area contributed by atoms with Gasteiger partial charge in [0.25, 0.3) is 5.91 Å². The number of aryl methyl sites for hydroxylation is 1. The van der Waals surface area contributed by atoms with Gasteiger partial charge >= 0.3 is 0 Å². The van der Waals surface area contributed by atoms with Crippen molar-refractivity contribution in [3.05, 3.63) is 78.1 Å². The molecule has 2 heterocycles. The lowest BCUT2D eigenvalue weighted by Crippen LogP contribution is -2.15. The number of carbonyl (C=O) groups is 2. The van der Waals surface area contributed by atoms with E-state index in [1.807, 2.05) is 42.5 Å². The quantitative estimate of drug-likeness (QED) is 0.472. The number of hydrogen-bond donors (Lipinski definition) is 3. The number of rotatable bonds is 6. The SMILES string of the molecule is NC(=O)CCc1ccccc1NC(=O)c1cccc2[nH]c(-c3ccncc3)nc12. The summed E-state index contributed by atoms with van der Waals surface area (Å²) in [5.74, 6) is 0.0236. The number of aromatic amines is 1. The summed E-state index contributed by atoms with van der Waals surface area (Å²) in [4.78, 5) is 36.0. The molecule has 2 amide bonds. The van der Waals surface area contributed by atoms with Crippen LogP contribution < -0.4 is 11.1 Å². The Labute approximate surface area is 167 Å². The zero-order chi connectivity index (χ0) is 20.2. The van der Waals surface area contributed by atoms with Crippen LogP contribution in [0, 0.1) is 0 Å². The molecule has 7 heteroatoms. The summed E-state index contributed by atoms with van der Waals surface area (Å²) in [7, 11) is 0. The summed E-state index contributed by atoms with van der Waals surface area (Å²) >= 11 is 0. The van der Waals surface area contributed by atoms with Crippen molar-refractivity contribution in [3.8, 4) is 11.4 Å². The Hall–Kier alpha value is -4.00. The Bertz CT molecular complexity index is 1180. The van der Waals surface area contributed by atoms with Gasteiger partial charge < -0.3 is 16.0 Å². The van der Waals surface area contributed by atoms with Crippen molar-refractivity contribution in [1.29, 1.82) is 0 Å². The van der Waals surface area contributed by atoms with E-state index in [1.165, 1.54) is 0 Å². The zero-order valence-corrected chi connectivity index (χ0v) is 15.6. The minimum Gasteiger partial charge on any atom is -0.370 e. The number of nitrogens with zero attached hydrogens (tertiary/aromatic N) is 2. The van der Waals surface area contributed by atoms with Gasteiger partial charge in [-0.15, -0.1) is 0 Å². The second kappa shape index (κ2) is 7.93. The van der Waals surface area contributed by atoms with Crippen LogP contribution in [-0.4, -0.2) is 26.8 Å². The highest BCUT2D eigenvalue weighted by Crippen LogP contribution is 2.24. The van der Waals surface area contributed by atoms with Crippen molar-refractivity contribution in [2.75, 3.05) is 5.32 Å². The number of carbonyl (C=O) groups excluding carboxylic acids is 2. The number of primary amides is 1. The summed E-state index contributed by atoms with van der Waals surface area (Å²) in [5, 5.41) is 2.94. The number of pyridine rings is 1. The van der Waals surface area contributed by atoms with Crippen LogP contribution in [0.5, 0.6) is 0 Å². The standard InChI is InChI=1S/C22H19N5O2/c23-19(28)9-8-14-4-1-2-6-17(14)26-22(29)16-5-3-7-18-20(16)27-21(25-18)15-10-12-24-13-11-15/h1-7,10-13H,8-9H2,(H2,23,28)(H,25,27)(H,26,29). The fraction of sp³-hybridized carbons (Fsp3) is 0.0909. The van der Waals surface area contributed by atoms with Crippen LogP contribution in [0.15, 0.2) is 67.0 Å². The number of nitrogens with two attached hydrogens (primary N) is 1. The first-order chi connectivity index (χ1) is 14.1. The number of imidazole rings is 1. The molecule has 4 rings (SSSR count). The third-order valence-electron chi connectivity index (χ3n) is 4.62. The summed E-state index contributed by atoms with van der Waals surface area (Å²) in [6.07, 6.45) is 4.07. The zero-order valence-electron chi connectivity index (χ0n) is 15.6. The highest BCUT2D eigenvalue weighted by molar-refractivity contribution is 6.12. The van der Waals surface area contributed by atoms with Gasteiger partial charge in [0.05, 0.1) is 11.1 Å². The first-order valence-electron chi connectivity index (χ1n) is 9.18. The minimum absolute atomic E-state index is 0.219. The molecule has 0 aliphatic carbocycles. The highest BCUT2D eigenvalue weighted by Gasteiger charge is 2.16. The highest BCUT2D eigenvalue weighted by atomic mass is 16.2. The summed E-state index contributed by atoms with van der Waals surface area (Å²) < 4.78 is 0. The Morgan fingerprint density at radius 1 is 1.00 bits per heavy atom. The van der Waals surface area contributed by atoms with Crippen molar-refractivity contribution in [2.45, 2.75) is 12.8 Å². The van der Waals surface area contributed by atoms with Gasteiger partial charge in [0.15, 0.2) is 0 Å². The Balaban J connectivity index is 1.65. The monoisotopic (exact) mass is 385 g/mol. The van der Waals surface area contributed by atoms with E-state index in [0.717, 1.165) is 16.6 Å². The van der Waals surface area contributed by atoms with Crippen LogP contribution in [0.3, 0.4) is 0 Å². The van der Waals surface area contributed by atoms with Crippen molar-refractivity contribution >= 4 is 28.5 Å². The van der Waals surface area contributed by atoms with Crippen molar-refractivity contribution < 1.29 is 9.59 Å². The predicted molar refractivity (Wildman–Crippen MR) is 111 cm³/mol. The van der Waals surface area contributed by atoms with E-state index in [9.17, 15) is 9.59 Å². The molecule has 29 heavy (non-hydrogen) atoms. The van der Waals surface area contributed by atoms with Gasteiger partial charge in [-0.2, -0.15) is 0 Å². The van der Waals surface area contributed by atoms with Crippen LogP contribution in [-0.2, 0) is 11.2 Å². The van der Waals surface area contributed by atoms with Crippen molar-refractivity contribution in [2.24, 2.45) is 5.73 Å². The largest absolute Gasteiger partial charge is 0.370 e. The molecule has 0 bridgehead atoms. The van der Waals surface area contributed by atoms with E-state index in [2.05, 4.69) is 20.3 Å². The first kappa shape index (κ1) is 18.4. The number of amides is 2. The summed E-state index contributed by atoms with van der Waals surface area (Å²) in [6.45, 7) is 0. The van der Waals surface area contributed by atoms with Gasteiger partial charge in [-0.1, -0.05) is 24.3 Å². The molecule has 0 atom stereocenters. The first-order valence-corrected chi connectivity index (χ1v) is 9.18. The molecule has 0 fully saturated rings. The van der Waals surface area contributed by atoms with Gasteiger partial charge in [0.1, 0.15) is 11.3 Å². The molecule has 4 aromatic rings. The lowest BCUT2D eigenvalue weighted by molar-refractivity contribution is -0.117. The van der Waals surface area contributed by atoms with Crippen LogP contribution in [0.25, 0.3) is 22.4 Å². The molecule has 4 N–H and O–H groups in total. The van der Waals surface area contributed by atoms with Gasteiger partial charge in [0, 0.05) is 30.1 Å². The number of benzene rings is 2. The molecule has 0 aliphatic heterocycles. The second-order valence-corrected chi connectivity index (χ2v) is 6.60. The molecule has 0 radical (unpaired) electrons. The smallest absolute Gasteiger partial charge is 0.257 e. The van der Waals surface area contributed by atoms with Gasteiger partial charge in [-0.3, -0.25) is 14.6 Å². The number of nitrogens with one attached hydrogen (secondary N) is 2. The number of hydrogen-bond acceptors (Lipinski definition) is 4. The molecular weight excluding hydrogens is 366 g/mol. The van der Waals surface area contributed by atoms with Gasteiger partial charge in [-0.05, 0) is 42.3 Å². The lowest BCUT2D eigenvalue weighted by atomic mass is 10.1. The minimum atomic E-state index is -0.379. The molecule has 0 aliphatic rings. The molecule has 7 nitrogen and oxygen atoms in total. The molecule has 0 unspecified atom stereocenters. The van der Waals surface area contributed by atoms with Gasteiger partial charge in [-0.25, -0.2) is 4.98 Å². The predicted octanol–water partition coefficient (Wildman–Crippen LogP) is 3.30. The molecule has 2 aromatic carbocycles. The number of H-pyrrole nitrogens is 1. The average Bonchev–Trinajstić information content (AvgIpc) is 3.18. The summed E-state index contributed by atoms with van der Waals surface area (Å²) in [6, 6.07) is 16.5. The van der Waals surface area contributed by atoms with Crippen LogP contribution in [0.4, 0.5) is 5.69 Å². The number of para-hydroxylation sites is 2. The maximum atomic E-state index is 13.0. The van der Waals surface area contributed by atoms with E-state index in [-0.39, 0.29) is 18.2 Å². The van der Waals surface area contributed by atoms with Crippen LogP contribution in [0.1, 0.15) is 22.3 Å². The van der Waals surface area contributed by atoms with E-state index in [0.29, 0.717) is 29.0 Å². The van der Waals surface area contributed by atoms with Crippen LogP contribution in [0.2, 0.25) is 0 Å². The Kier molecular flexibility index (Phi) is 5.03. The third-order valence-corrected chi connectivity index (χ3v) is 4.62. The fourth-order valence-electron chi connectivity index (χ4n) is 3.17. The van der Waals surface area contributed by atoms with E-state index >= 15 is 0 Å². The van der Waals surface area contributed by atoms with E-state index in [1.54, 1.807) is 24.5 Å². The van der Waals surface area contributed by atoms with Crippen molar-refractivity contribution in [3.63, 3.8) is 0 Å². The second-order valence-electron chi connectivity index (χ2n) is 6.60. The third kappa shape index (κ3) is 3.98. The van der Waals surface area contributed by atoms with Gasteiger partial charge in [0.2, 0.25) is 5.91 Å². The fourth-order valence-corrected chi connectivity index (χ4v) is 3.17. The number of anilines is 1. The average molecular weight is 385 g/mol. The Morgan fingerprint density at radius 3 is 2.59 bits per heavy atom. The molecule has 0 saturated heterocycles. The maximum absolute atomic E-state index is 13.0. The molecule has 144 valence electrons. The molecule has 0 spiro atoms. The normalized spacial score (nSPS) is 10.8. The van der Waals surface area contributed by atoms with Crippen LogP contribution >= 0.6 is 0 Å². The molecular formula is C22H19N5O2. The molecule has 0 saturated carbocycles. The van der Waals surface area contributed by atoms with Crippen molar-refractivity contribution in [1.82, 2.24) is 15.0 Å². The molecule has 2 aromatic heterocycles. The summed E-state index contributed by atoms with van der Waals surface area (Å²) in [5.41, 5.74) is 9.47. The Morgan fingerprint density at radius 2 is 1.79 bits per heavy atom. The number of aromatic nitrogens is 3. The topological polar surface area (TPSA) is 114 Å². The van der Waals surface area contributed by atoms with E-state index < -0.39 is 0 Å². The lowest BCUT2D eigenvalue weighted by Gasteiger charge is -2.11. The number of fused-ring (bicyclic) bond motifs is 1. The maximum Gasteiger partial charge on any atom is 0.257 e. The van der Waals surface area contributed by atoms with E-state index in [4.69, 9.17) is 5.73 Å².